The van der Waals surface area contributed by atoms with Crippen molar-refractivity contribution >= 4 is 0 Å². The van der Waals surface area contributed by atoms with Gasteiger partial charge in [0.1, 0.15) is 0 Å². The Morgan fingerprint density at radius 1 is 1.18 bits per heavy atom. The predicted octanol–water partition coefficient (Wildman–Crippen LogP) is 4.60. The lowest BCUT2D eigenvalue weighted by molar-refractivity contribution is 0.378. The molecule has 0 unspecified atom stereocenters. The van der Waals surface area contributed by atoms with Gasteiger partial charge in [-0.1, -0.05) is 48.5 Å². The molecule has 0 atom stereocenters. The first-order chi connectivity index (χ1) is 7.88. The van der Waals surface area contributed by atoms with Crippen LogP contribution in [0.25, 0.3) is 0 Å². The molecule has 0 N–H and O–H groups in total. The lowest BCUT2D eigenvalue weighted by Crippen LogP contribution is -2.07. The van der Waals surface area contributed by atoms with Crippen LogP contribution in [0.5, 0.6) is 0 Å². The molecule has 2 heteroatoms. The van der Waals surface area contributed by atoms with E-state index in [1.807, 2.05) is 20.0 Å². The van der Waals surface area contributed by atoms with Gasteiger partial charge in [-0.2, -0.15) is 10.2 Å². The number of hydrogen-bond donors (Lipinski definition) is 0. The Labute approximate surface area is 107 Å². The highest BCUT2D eigenvalue weighted by Crippen LogP contribution is 2.21. The highest BCUT2D eigenvalue weighted by molar-refractivity contribution is 5.15. The van der Waals surface area contributed by atoms with Crippen LogP contribution in [0.2, 0.25) is 0 Å². The van der Waals surface area contributed by atoms with Crippen LogP contribution in [0.1, 0.15) is 72.1 Å². The van der Waals surface area contributed by atoms with Crippen molar-refractivity contribution in [1.82, 2.24) is 10.2 Å². The summed E-state index contributed by atoms with van der Waals surface area (Å²) in [4.78, 5) is 0. The minimum absolute atomic E-state index is 0.390. The minimum atomic E-state index is 0.390. The Bertz CT molecular complexity index is 311. The van der Waals surface area contributed by atoms with Gasteiger partial charge in [0.05, 0.1) is 11.9 Å². The predicted molar refractivity (Wildman–Crippen MR) is 75.2 cm³/mol. The molecule has 0 bridgehead atoms. The fourth-order valence-electron chi connectivity index (χ4n) is 1.36. The number of nitrogens with zero attached hydrogens (tertiary/aromatic N) is 2. The maximum absolute atomic E-state index is 4.13. The Morgan fingerprint density at radius 2 is 1.76 bits per heavy atom. The van der Waals surface area contributed by atoms with E-state index in [-0.39, 0.29) is 0 Å². The summed E-state index contributed by atoms with van der Waals surface area (Å²) in [6.07, 6.45) is 4.17. The maximum atomic E-state index is 4.13. The Hall–Kier alpha value is -0.920. The second kappa shape index (κ2) is 7.41. The Kier molecular flexibility index (Phi) is 7.01. The van der Waals surface area contributed by atoms with Gasteiger partial charge in [-0.05, 0) is 35.8 Å². The van der Waals surface area contributed by atoms with Gasteiger partial charge in [-0.3, -0.25) is 0 Å². The highest BCUT2D eigenvalue weighted by atomic mass is 15.1. The van der Waals surface area contributed by atoms with E-state index in [1.54, 1.807) is 0 Å². The summed E-state index contributed by atoms with van der Waals surface area (Å²) in [5.41, 5.74) is 2.80. The quantitative estimate of drug-likeness (QED) is 0.766. The van der Waals surface area contributed by atoms with Crippen molar-refractivity contribution < 1.29 is 0 Å². The van der Waals surface area contributed by atoms with E-state index in [0.29, 0.717) is 11.3 Å². The molecule has 17 heavy (non-hydrogen) atoms. The molecular weight excluding hydrogens is 208 g/mol. The zero-order valence-corrected chi connectivity index (χ0v) is 12.5. The first kappa shape index (κ1) is 16.1. The molecule has 0 aliphatic carbocycles. The first-order valence-electron chi connectivity index (χ1n) is 6.70. The van der Waals surface area contributed by atoms with Crippen LogP contribution in [0.4, 0.5) is 0 Å². The summed E-state index contributed by atoms with van der Waals surface area (Å²) in [5.74, 6) is 0.465. The van der Waals surface area contributed by atoms with E-state index in [1.165, 1.54) is 12.0 Å². The fourth-order valence-corrected chi connectivity index (χ4v) is 1.36. The van der Waals surface area contributed by atoms with Gasteiger partial charge in [-0.15, -0.1) is 0 Å². The molecule has 0 aliphatic heterocycles. The molecule has 0 saturated carbocycles. The molecule has 0 saturated heterocycles. The third kappa shape index (κ3) is 7.09. The molecule has 98 valence electrons. The van der Waals surface area contributed by atoms with Gasteiger partial charge in [0, 0.05) is 0 Å². The van der Waals surface area contributed by atoms with Crippen molar-refractivity contribution in [3.63, 3.8) is 0 Å². The van der Waals surface area contributed by atoms with Crippen LogP contribution in [-0.2, 0) is 6.42 Å². The summed E-state index contributed by atoms with van der Waals surface area (Å²) < 4.78 is 0. The van der Waals surface area contributed by atoms with Gasteiger partial charge in [-0.25, -0.2) is 0 Å². The summed E-state index contributed by atoms with van der Waals surface area (Å²) in [5, 5.41) is 8.19. The van der Waals surface area contributed by atoms with Crippen molar-refractivity contribution in [3.05, 3.63) is 23.5 Å². The number of hydrogen-bond acceptors (Lipinski definition) is 2. The van der Waals surface area contributed by atoms with Crippen molar-refractivity contribution in [3.8, 4) is 0 Å². The van der Waals surface area contributed by atoms with Crippen molar-refractivity contribution in [1.29, 1.82) is 0 Å². The molecule has 0 radical (unpaired) electrons. The van der Waals surface area contributed by atoms with Crippen molar-refractivity contribution in [2.75, 3.05) is 0 Å². The second-order valence-electron chi connectivity index (χ2n) is 5.70. The van der Waals surface area contributed by atoms with Crippen LogP contribution in [0.15, 0.2) is 12.3 Å². The van der Waals surface area contributed by atoms with E-state index in [4.69, 9.17) is 0 Å². The van der Waals surface area contributed by atoms with Gasteiger partial charge in [0.15, 0.2) is 0 Å². The van der Waals surface area contributed by atoms with Gasteiger partial charge in [0.25, 0.3) is 0 Å². The zero-order valence-electron chi connectivity index (χ0n) is 12.5. The van der Waals surface area contributed by atoms with Crippen LogP contribution in [-0.4, -0.2) is 10.2 Å². The van der Waals surface area contributed by atoms with Gasteiger partial charge < -0.3 is 0 Å². The molecule has 0 aliphatic rings. The van der Waals surface area contributed by atoms with E-state index < -0.39 is 0 Å². The first-order valence-corrected chi connectivity index (χ1v) is 6.70. The molecule has 1 rings (SSSR count). The fraction of sp³-hybridized carbons (Fsp3) is 0.733. The summed E-state index contributed by atoms with van der Waals surface area (Å²) in [6, 6.07) is 2.18. The summed E-state index contributed by atoms with van der Waals surface area (Å²) in [6.45, 7) is 15.1. The topological polar surface area (TPSA) is 25.8 Å². The molecule has 0 fully saturated rings. The third-order valence-corrected chi connectivity index (χ3v) is 2.49. The van der Waals surface area contributed by atoms with E-state index in [9.17, 15) is 0 Å². The second-order valence-corrected chi connectivity index (χ2v) is 5.70. The largest absolute Gasteiger partial charge is 0.159 e. The lowest BCUT2D eigenvalue weighted by atomic mass is 9.89. The number of aryl methyl sites for hydroxylation is 1. The molecule has 0 amide bonds. The average Bonchev–Trinajstić information content (AvgIpc) is 2.28. The Balaban J connectivity index is 0.00000121. The van der Waals surface area contributed by atoms with Crippen LogP contribution < -0.4 is 0 Å². The number of aromatic nitrogens is 2. The van der Waals surface area contributed by atoms with Crippen LogP contribution in [0, 0.1) is 5.41 Å². The van der Waals surface area contributed by atoms with E-state index in [0.717, 1.165) is 12.1 Å². The third-order valence-electron chi connectivity index (χ3n) is 2.49. The van der Waals surface area contributed by atoms with Crippen molar-refractivity contribution in [2.45, 2.75) is 67.2 Å². The molecule has 1 aromatic heterocycles. The number of rotatable bonds is 3. The molecule has 1 heterocycles. The van der Waals surface area contributed by atoms with E-state index in [2.05, 4.69) is 50.9 Å². The molecular formula is C15H28N2. The molecule has 2 nitrogen and oxygen atoms in total. The highest BCUT2D eigenvalue weighted by Gasteiger charge is 2.11. The summed E-state index contributed by atoms with van der Waals surface area (Å²) >= 11 is 0. The Morgan fingerprint density at radius 3 is 2.24 bits per heavy atom. The monoisotopic (exact) mass is 236 g/mol. The van der Waals surface area contributed by atoms with Crippen LogP contribution in [0.3, 0.4) is 0 Å². The zero-order chi connectivity index (χ0) is 13.5. The minimum Gasteiger partial charge on any atom is -0.159 e. The van der Waals surface area contributed by atoms with Crippen LogP contribution >= 0.6 is 0 Å². The SMILES string of the molecule is CC.CC(C)c1cc(CCC(C)(C)C)cnn1. The average molecular weight is 236 g/mol. The van der Waals surface area contributed by atoms with Crippen molar-refractivity contribution in [2.24, 2.45) is 5.41 Å². The molecule has 0 aromatic carbocycles. The molecule has 0 spiro atoms. The lowest BCUT2D eigenvalue weighted by Gasteiger charge is -2.17. The van der Waals surface area contributed by atoms with Gasteiger partial charge in [0.2, 0.25) is 0 Å². The maximum Gasteiger partial charge on any atom is 0.0659 e. The van der Waals surface area contributed by atoms with Gasteiger partial charge >= 0.3 is 0 Å². The van der Waals surface area contributed by atoms with E-state index >= 15 is 0 Å². The smallest absolute Gasteiger partial charge is 0.0659 e. The summed E-state index contributed by atoms with van der Waals surface area (Å²) in [7, 11) is 0. The molecule has 1 aromatic rings. The normalized spacial score (nSPS) is 11.1. The standard InChI is InChI=1S/C13H22N2.C2H6/c1-10(2)12-8-11(9-14-15-12)6-7-13(3,4)5;1-2/h8-10H,6-7H2,1-5H3;1-2H3.